The van der Waals surface area contributed by atoms with Crippen LogP contribution in [0, 0.1) is 22.7 Å². The van der Waals surface area contributed by atoms with E-state index >= 15 is 0 Å². The van der Waals surface area contributed by atoms with E-state index in [1.165, 1.54) is 23.1 Å². The molecule has 0 saturated heterocycles. The highest BCUT2D eigenvalue weighted by atomic mass is 35.5. The van der Waals surface area contributed by atoms with Gasteiger partial charge in [-0.05, 0) is 23.6 Å². The molecule has 33 heavy (non-hydrogen) atoms. The van der Waals surface area contributed by atoms with Gasteiger partial charge in [0.25, 0.3) is 0 Å². The Hall–Kier alpha value is -2.82. The molecule has 3 rings (SSSR count). The van der Waals surface area contributed by atoms with Crippen molar-refractivity contribution >= 4 is 63.2 Å². The van der Waals surface area contributed by atoms with Gasteiger partial charge < -0.3 is 11.1 Å². The van der Waals surface area contributed by atoms with E-state index in [4.69, 9.17) is 28.9 Å². The molecular weight excluding hydrogens is 499 g/mol. The highest BCUT2D eigenvalue weighted by Crippen LogP contribution is 2.33. The summed E-state index contributed by atoms with van der Waals surface area (Å²) in [6, 6.07) is 9.39. The van der Waals surface area contributed by atoms with E-state index in [0.717, 1.165) is 5.56 Å². The number of nitriles is 2. The summed E-state index contributed by atoms with van der Waals surface area (Å²) >= 11 is 14.6. The summed E-state index contributed by atoms with van der Waals surface area (Å²) in [5.41, 5.74) is 8.55. The van der Waals surface area contributed by atoms with Crippen LogP contribution in [0.3, 0.4) is 0 Å². The number of aromatic nitrogens is 2. The van der Waals surface area contributed by atoms with Crippen LogP contribution in [-0.2, 0) is 4.79 Å². The number of benzene rings is 1. The Balaban J connectivity index is 1.65. The van der Waals surface area contributed by atoms with Crippen molar-refractivity contribution in [1.29, 1.82) is 10.5 Å². The third-order valence-corrected chi connectivity index (χ3v) is 7.04. The lowest BCUT2D eigenvalue weighted by atomic mass is 9.94. The fraction of sp³-hybridized carbons (Fsp3) is 0.227. The van der Waals surface area contributed by atoms with Gasteiger partial charge in [0.1, 0.15) is 23.0 Å². The number of rotatable bonds is 7. The molecule has 0 radical (unpaired) electrons. The first-order chi connectivity index (χ1) is 15.7. The minimum atomic E-state index is -0.221. The largest absolute Gasteiger partial charge is 0.383 e. The lowest BCUT2D eigenvalue weighted by Gasteiger charge is -2.15. The van der Waals surface area contributed by atoms with Crippen LogP contribution in [0.2, 0.25) is 10.0 Å². The molecule has 3 aromatic rings. The monoisotopic (exact) mass is 516 g/mol. The Morgan fingerprint density at radius 2 is 1.94 bits per heavy atom. The first kappa shape index (κ1) is 24.8. The van der Waals surface area contributed by atoms with Gasteiger partial charge in [-0.1, -0.05) is 43.1 Å². The van der Waals surface area contributed by atoms with Crippen molar-refractivity contribution in [3.05, 3.63) is 50.3 Å². The fourth-order valence-corrected chi connectivity index (χ4v) is 5.03. The molecule has 11 heteroatoms. The number of pyridine rings is 1. The van der Waals surface area contributed by atoms with Crippen molar-refractivity contribution in [2.45, 2.75) is 31.2 Å². The molecule has 3 N–H and O–H groups in total. The Kier molecular flexibility index (Phi) is 8.17. The van der Waals surface area contributed by atoms with Crippen LogP contribution in [0.4, 0.5) is 10.9 Å². The Labute approximate surface area is 209 Å². The maximum atomic E-state index is 12.4. The third kappa shape index (κ3) is 5.76. The van der Waals surface area contributed by atoms with Crippen molar-refractivity contribution in [2.75, 3.05) is 16.8 Å². The van der Waals surface area contributed by atoms with Crippen LogP contribution in [0.15, 0.2) is 28.6 Å². The zero-order chi connectivity index (χ0) is 24.1. The number of hydrogen-bond acceptors (Lipinski definition) is 8. The smallest absolute Gasteiger partial charge is 0.226 e. The average molecular weight is 517 g/mol. The topological polar surface area (TPSA) is 128 Å². The van der Waals surface area contributed by atoms with Gasteiger partial charge in [0, 0.05) is 23.1 Å². The normalized spacial score (nSPS) is 10.6. The molecule has 0 bridgehead atoms. The van der Waals surface area contributed by atoms with Crippen LogP contribution in [0.5, 0.6) is 0 Å². The Morgan fingerprint density at radius 3 is 2.58 bits per heavy atom. The summed E-state index contributed by atoms with van der Waals surface area (Å²) in [5, 5.41) is 25.4. The molecule has 0 fully saturated rings. The summed E-state index contributed by atoms with van der Waals surface area (Å²) in [6.07, 6.45) is 0.176. The molecular formula is C22H18Cl2N6OS2. The summed E-state index contributed by atoms with van der Waals surface area (Å²) in [4.78, 5) is 21.0. The molecule has 0 saturated carbocycles. The van der Waals surface area contributed by atoms with Crippen LogP contribution < -0.4 is 11.1 Å². The zero-order valence-corrected chi connectivity index (χ0v) is 20.8. The quantitative estimate of drug-likeness (QED) is 0.363. The number of carbonyl (C=O) groups is 1. The molecule has 2 heterocycles. The number of thioether (sulfide) groups is 1. The molecule has 2 aromatic heterocycles. The summed E-state index contributed by atoms with van der Waals surface area (Å²) in [5.74, 6) is 0.171. The zero-order valence-electron chi connectivity index (χ0n) is 17.6. The van der Waals surface area contributed by atoms with Gasteiger partial charge >= 0.3 is 0 Å². The molecule has 1 amide bonds. The van der Waals surface area contributed by atoms with Crippen molar-refractivity contribution < 1.29 is 4.79 Å². The lowest BCUT2D eigenvalue weighted by Crippen LogP contribution is -2.12. The van der Waals surface area contributed by atoms with Crippen LogP contribution in [0.1, 0.15) is 42.9 Å². The molecule has 0 aliphatic rings. The van der Waals surface area contributed by atoms with Gasteiger partial charge in [0.05, 0.1) is 26.9 Å². The van der Waals surface area contributed by atoms with E-state index in [1.54, 1.807) is 18.2 Å². The predicted molar refractivity (Wildman–Crippen MR) is 134 cm³/mol. The third-order valence-electron chi connectivity index (χ3n) is 4.57. The van der Waals surface area contributed by atoms with Crippen LogP contribution in [0.25, 0.3) is 11.3 Å². The SMILES string of the molecule is CC(C)c1c(C#N)c(N)nc(SCCC(=O)Nc2nc(-c3ccc(Cl)c(Cl)c3)cs2)c1C#N. The minimum absolute atomic E-state index is 0.0723. The average Bonchev–Trinajstić information content (AvgIpc) is 3.23. The molecule has 0 aliphatic heterocycles. The van der Waals surface area contributed by atoms with Crippen molar-refractivity contribution in [3.8, 4) is 23.4 Å². The van der Waals surface area contributed by atoms with E-state index in [-0.39, 0.29) is 29.6 Å². The predicted octanol–water partition coefficient (Wildman–Crippen LogP) is 6.08. The summed E-state index contributed by atoms with van der Waals surface area (Å²) < 4.78 is 0. The number of nitrogens with two attached hydrogens (primary N) is 1. The lowest BCUT2D eigenvalue weighted by molar-refractivity contribution is -0.115. The highest BCUT2D eigenvalue weighted by molar-refractivity contribution is 7.99. The molecule has 0 spiro atoms. The van der Waals surface area contributed by atoms with Crippen LogP contribution >= 0.6 is 46.3 Å². The molecule has 0 aliphatic carbocycles. The minimum Gasteiger partial charge on any atom is -0.383 e. The number of anilines is 2. The Bertz CT molecular complexity index is 1290. The standard InChI is InChI=1S/C22H18Cl2N6OS2/c1-11(2)19-13(8-25)20(27)30-21(14(19)9-26)32-6-5-18(31)29-22-28-17(10-33-22)12-3-4-15(23)16(24)7-12/h3-4,7,10-11H,5-6H2,1-2H3,(H2,27,30)(H,28,29,31). The maximum Gasteiger partial charge on any atom is 0.226 e. The van der Waals surface area contributed by atoms with Crippen LogP contribution in [-0.4, -0.2) is 21.6 Å². The van der Waals surface area contributed by atoms with Crippen molar-refractivity contribution in [2.24, 2.45) is 0 Å². The first-order valence-electron chi connectivity index (χ1n) is 9.72. The number of carbonyl (C=O) groups excluding carboxylic acids is 1. The summed E-state index contributed by atoms with van der Waals surface area (Å²) in [7, 11) is 0. The molecule has 0 unspecified atom stereocenters. The van der Waals surface area contributed by atoms with Gasteiger partial charge in [0.15, 0.2) is 5.13 Å². The van der Waals surface area contributed by atoms with Gasteiger partial charge in [-0.15, -0.1) is 23.1 Å². The number of amides is 1. The van der Waals surface area contributed by atoms with E-state index in [2.05, 4.69) is 21.4 Å². The number of thiazole rings is 1. The van der Waals surface area contributed by atoms with E-state index in [9.17, 15) is 15.3 Å². The van der Waals surface area contributed by atoms with Crippen molar-refractivity contribution in [3.63, 3.8) is 0 Å². The number of halogens is 2. The van der Waals surface area contributed by atoms with Gasteiger partial charge in [0.2, 0.25) is 5.91 Å². The number of nitrogen functional groups attached to an aromatic ring is 1. The Morgan fingerprint density at radius 1 is 1.21 bits per heavy atom. The van der Waals surface area contributed by atoms with E-state index < -0.39 is 0 Å². The van der Waals surface area contributed by atoms with Gasteiger partial charge in [-0.2, -0.15) is 10.5 Å². The number of nitrogens with zero attached hydrogens (tertiary/aromatic N) is 4. The summed E-state index contributed by atoms with van der Waals surface area (Å²) in [6.45, 7) is 3.78. The number of hydrogen-bond donors (Lipinski definition) is 2. The second-order valence-electron chi connectivity index (χ2n) is 7.16. The second-order valence-corrected chi connectivity index (χ2v) is 9.91. The number of nitrogens with one attached hydrogen (secondary N) is 1. The molecule has 7 nitrogen and oxygen atoms in total. The first-order valence-corrected chi connectivity index (χ1v) is 12.3. The van der Waals surface area contributed by atoms with Gasteiger partial charge in [-0.3, -0.25) is 4.79 Å². The van der Waals surface area contributed by atoms with Gasteiger partial charge in [-0.25, -0.2) is 9.97 Å². The fourth-order valence-electron chi connectivity index (χ4n) is 3.05. The molecule has 1 aromatic carbocycles. The van der Waals surface area contributed by atoms with Crippen molar-refractivity contribution in [1.82, 2.24) is 9.97 Å². The maximum absolute atomic E-state index is 12.4. The molecule has 0 atom stereocenters. The van der Waals surface area contributed by atoms with E-state index in [1.807, 2.05) is 25.3 Å². The van der Waals surface area contributed by atoms with E-state index in [0.29, 0.717) is 42.8 Å². The highest BCUT2D eigenvalue weighted by Gasteiger charge is 2.21. The second kappa shape index (κ2) is 10.9. The molecule has 168 valence electrons.